The molecule has 4 nitrogen and oxygen atoms in total. The van der Waals surface area contributed by atoms with Crippen molar-refractivity contribution in [2.24, 2.45) is 0 Å². The van der Waals surface area contributed by atoms with Crippen molar-refractivity contribution in [2.45, 2.75) is 63.8 Å². The zero-order valence-corrected chi connectivity index (χ0v) is 14.7. The zero-order chi connectivity index (χ0) is 16.9. The molecule has 1 aromatic carbocycles. The van der Waals surface area contributed by atoms with Gasteiger partial charge >= 0.3 is 0 Å². The number of likely N-dealkylation sites (N-methyl/N-ethyl adjacent to an activating group) is 1. The van der Waals surface area contributed by atoms with E-state index in [1.807, 2.05) is 41.1 Å². The Labute approximate surface area is 144 Å². The largest absolute Gasteiger partial charge is 0.342 e. The minimum Gasteiger partial charge on any atom is -0.342 e. The van der Waals surface area contributed by atoms with Gasteiger partial charge in [-0.15, -0.1) is 0 Å². The second-order valence-corrected chi connectivity index (χ2v) is 7.14. The molecule has 1 heterocycles. The van der Waals surface area contributed by atoms with Crippen molar-refractivity contribution < 1.29 is 9.59 Å². The molecule has 0 radical (unpaired) electrons. The molecule has 4 heteroatoms. The Bertz CT molecular complexity index is 574. The van der Waals surface area contributed by atoms with Gasteiger partial charge in [0.15, 0.2) is 0 Å². The van der Waals surface area contributed by atoms with E-state index >= 15 is 0 Å². The van der Waals surface area contributed by atoms with Crippen molar-refractivity contribution in [1.82, 2.24) is 4.90 Å². The van der Waals surface area contributed by atoms with E-state index in [1.165, 1.54) is 25.7 Å². The first-order valence-corrected chi connectivity index (χ1v) is 9.30. The molecule has 1 saturated carbocycles. The second kappa shape index (κ2) is 7.82. The van der Waals surface area contributed by atoms with Crippen LogP contribution in [0, 0.1) is 0 Å². The van der Waals surface area contributed by atoms with Gasteiger partial charge < -0.3 is 9.80 Å². The Kier molecular flexibility index (Phi) is 5.54. The summed E-state index contributed by atoms with van der Waals surface area (Å²) in [5.74, 6) is 0.402. The van der Waals surface area contributed by atoms with E-state index in [-0.39, 0.29) is 11.8 Å². The quantitative estimate of drug-likeness (QED) is 0.793. The summed E-state index contributed by atoms with van der Waals surface area (Å²) in [4.78, 5) is 28.2. The van der Waals surface area contributed by atoms with Crippen molar-refractivity contribution in [1.29, 1.82) is 0 Å². The van der Waals surface area contributed by atoms with Crippen molar-refractivity contribution in [3.8, 4) is 0 Å². The van der Waals surface area contributed by atoms with Crippen LogP contribution in [0.5, 0.6) is 0 Å². The molecule has 1 aliphatic heterocycles. The van der Waals surface area contributed by atoms with Gasteiger partial charge in [-0.25, -0.2) is 0 Å². The van der Waals surface area contributed by atoms with E-state index in [4.69, 9.17) is 0 Å². The molecular formula is C20H28N2O2. The highest BCUT2D eigenvalue weighted by molar-refractivity contribution is 5.95. The first kappa shape index (κ1) is 17.0. The van der Waals surface area contributed by atoms with Crippen molar-refractivity contribution in [3.63, 3.8) is 0 Å². The topological polar surface area (TPSA) is 40.6 Å². The average molecular weight is 328 g/mol. The molecule has 0 bridgehead atoms. The van der Waals surface area contributed by atoms with Crippen LogP contribution in [0.15, 0.2) is 24.3 Å². The van der Waals surface area contributed by atoms with Gasteiger partial charge in [-0.1, -0.05) is 37.8 Å². The molecule has 0 N–H and O–H groups in total. The van der Waals surface area contributed by atoms with Gasteiger partial charge in [0.1, 0.15) is 0 Å². The molecule has 1 saturated heterocycles. The fourth-order valence-corrected chi connectivity index (χ4v) is 3.86. The van der Waals surface area contributed by atoms with Gasteiger partial charge in [0, 0.05) is 31.7 Å². The number of amides is 2. The Balaban J connectivity index is 1.58. The third-order valence-corrected chi connectivity index (χ3v) is 5.44. The van der Waals surface area contributed by atoms with Crippen LogP contribution in [0.3, 0.4) is 0 Å². The summed E-state index contributed by atoms with van der Waals surface area (Å²) >= 11 is 0. The lowest BCUT2D eigenvalue weighted by Crippen LogP contribution is -2.37. The predicted molar refractivity (Wildman–Crippen MR) is 96.0 cm³/mol. The van der Waals surface area contributed by atoms with Crippen LogP contribution in [0.1, 0.15) is 56.9 Å². The lowest BCUT2D eigenvalue weighted by molar-refractivity contribution is -0.131. The van der Waals surface area contributed by atoms with Crippen molar-refractivity contribution in [2.75, 3.05) is 18.5 Å². The molecule has 3 rings (SSSR count). The Morgan fingerprint density at radius 1 is 1.08 bits per heavy atom. The highest BCUT2D eigenvalue weighted by Gasteiger charge is 2.23. The number of carbonyl (C=O) groups excluding carboxylic acids is 2. The van der Waals surface area contributed by atoms with Gasteiger partial charge in [0.2, 0.25) is 11.8 Å². The maximum Gasteiger partial charge on any atom is 0.227 e. The van der Waals surface area contributed by atoms with Crippen LogP contribution >= 0.6 is 0 Å². The number of hydrogen-bond acceptors (Lipinski definition) is 2. The Morgan fingerprint density at radius 3 is 2.33 bits per heavy atom. The molecule has 0 spiro atoms. The van der Waals surface area contributed by atoms with Crippen LogP contribution in [-0.2, 0) is 16.0 Å². The number of anilines is 1. The molecule has 2 amide bonds. The van der Waals surface area contributed by atoms with E-state index in [2.05, 4.69) is 0 Å². The fraction of sp³-hybridized carbons (Fsp3) is 0.600. The number of rotatable bonds is 4. The minimum atomic E-state index is 0.201. The van der Waals surface area contributed by atoms with E-state index in [9.17, 15) is 9.59 Å². The second-order valence-electron chi connectivity index (χ2n) is 7.14. The molecule has 130 valence electrons. The monoisotopic (exact) mass is 328 g/mol. The zero-order valence-electron chi connectivity index (χ0n) is 14.7. The summed E-state index contributed by atoms with van der Waals surface area (Å²) in [6, 6.07) is 8.32. The SMILES string of the molecule is CN(C(=O)Cc1ccc(N2CCCC2=O)cc1)C1CCCCCC1. The number of benzene rings is 1. The molecule has 0 aromatic heterocycles. The summed E-state index contributed by atoms with van der Waals surface area (Å²) in [5, 5.41) is 0. The third kappa shape index (κ3) is 3.97. The summed E-state index contributed by atoms with van der Waals surface area (Å²) in [7, 11) is 1.95. The summed E-state index contributed by atoms with van der Waals surface area (Å²) < 4.78 is 0. The number of nitrogens with zero attached hydrogens (tertiary/aromatic N) is 2. The van der Waals surface area contributed by atoms with E-state index in [1.54, 1.807) is 0 Å². The molecule has 0 unspecified atom stereocenters. The van der Waals surface area contributed by atoms with Crippen molar-refractivity contribution in [3.05, 3.63) is 29.8 Å². The average Bonchev–Trinajstić information content (AvgIpc) is 2.85. The highest BCUT2D eigenvalue weighted by atomic mass is 16.2. The van der Waals surface area contributed by atoms with Crippen LogP contribution in [-0.4, -0.2) is 36.3 Å². The van der Waals surface area contributed by atoms with Gasteiger partial charge in [-0.05, 0) is 37.0 Å². The van der Waals surface area contributed by atoms with Crippen LogP contribution in [0.4, 0.5) is 5.69 Å². The molecule has 1 aromatic rings. The van der Waals surface area contributed by atoms with Crippen LogP contribution in [0.2, 0.25) is 0 Å². The lowest BCUT2D eigenvalue weighted by Gasteiger charge is -2.27. The van der Waals surface area contributed by atoms with E-state index < -0.39 is 0 Å². The van der Waals surface area contributed by atoms with Crippen molar-refractivity contribution >= 4 is 17.5 Å². The molecule has 2 fully saturated rings. The predicted octanol–water partition coefficient (Wildman–Crippen LogP) is 3.54. The van der Waals surface area contributed by atoms with Crippen LogP contribution < -0.4 is 4.90 Å². The van der Waals surface area contributed by atoms with E-state index in [0.717, 1.165) is 37.1 Å². The number of carbonyl (C=O) groups is 2. The van der Waals surface area contributed by atoms with Gasteiger partial charge in [0.05, 0.1) is 6.42 Å². The molecular weight excluding hydrogens is 300 g/mol. The van der Waals surface area contributed by atoms with Gasteiger partial charge in [-0.2, -0.15) is 0 Å². The third-order valence-electron chi connectivity index (χ3n) is 5.44. The first-order valence-electron chi connectivity index (χ1n) is 9.30. The summed E-state index contributed by atoms with van der Waals surface area (Å²) in [6.45, 7) is 0.807. The summed E-state index contributed by atoms with van der Waals surface area (Å²) in [6.07, 6.45) is 9.38. The van der Waals surface area contributed by atoms with Gasteiger partial charge in [0.25, 0.3) is 0 Å². The highest BCUT2D eigenvalue weighted by Crippen LogP contribution is 2.23. The molecule has 1 aliphatic carbocycles. The Morgan fingerprint density at radius 2 is 1.75 bits per heavy atom. The summed E-state index contributed by atoms with van der Waals surface area (Å²) in [5.41, 5.74) is 1.97. The maximum atomic E-state index is 12.6. The maximum absolute atomic E-state index is 12.6. The standard InChI is InChI=1S/C20H28N2O2/c1-21(17-7-4-2-3-5-8-17)20(24)15-16-10-12-18(13-11-16)22-14-6-9-19(22)23/h10-13,17H,2-9,14-15H2,1H3. The smallest absolute Gasteiger partial charge is 0.227 e. The molecule has 24 heavy (non-hydrogen) atoms. The minimum absolute atomic E-state index is 0.201. The lowest BCUT2D eigenvalue weighted by atomic mass is 10.1. The Hall–Kier alpha value is -1.84. The van der Waals surface area contributed by atoms with E-state index in [0.29, 0.717) is 18.9 Å². The number of hydrogen-bond donors (Lipinski definition) is 0. The normalized spacial score (nSPS) is 19.4. The molecule has 0 atom stereocenters. The van der Waals surface area contributed by atoms with Gasteiger partial charge in [-0.3, -0.25) is 9.59 Å². The fourth-order valence-electron chi connectivity index (χ4n) is 3.86. The first-order chi connectivity index (χ1) is 11.6. The van der Waals surface area contributed by atoms with Crippen LogP contribution in [0.25, 0.3) is 0 Å². The molecule has 2 aliphatic rings.